The summed E-state index contributed by atoms with van der Waals surface area (Å²) in [4.78, 5) is 19.8. The number of hydrogen-bond donors (Lipinski definition) is 1. The van der Waals surface area contributed by atoms with Crippen LogP contribution in [0.25, 0.3) is 21.9 Å². The lowest BCUT2D eigenvalue weighted by Gasteiger charge is -2.13. The van der Waals surface area contributed by atoms with Crippen molar-refractivity contribution in [2.24, 2.45) is 5.92 Å². The Bertz CT molecular complexity index is 1260. The normalized spacial score (nSPS) is 11.5. The summed E-state index contributed by atoms with van der Waals surface area (Å²) in [6.45, 7) is 7.36. The number of fused-ring (bicyclic) bond motifs is 3. The van der Waals surface area contributed by atoms with Crippen LogP contribution in [0.4, 0.5) is 11.5 Å². The van der Waals surface area contributed by atoms with Crippen LogP contribution < -0.4 is 10.5 Å². The number of nitrogen functional groups attached to an aromatic ring is 1. The van der Waals surface area contributed by atoms with Gasteiger partial charge >= 0.3 is 0 Å². The zero-order valence-electron chi connectivity index (χ0n) is 17.8. The van der Waals surface area contributed by atoms with E-state index in [2.05, 4.69) is 30.3 Å². The number of non-ortho nitro benzene ring substituents is 1. The topological polar surface area (TPSA) is 109 Å². The molecule has 8 heteroatoms. The van der Waals surface area contributed by atoms with Gasteiger partial charge < -0.3 is 15.0 Å². The number of imidazole rings is 1. The molecule has 2 heterocycles. The Balaban J connectivity index is 1.79. The molecule has 0 fully saturated rings. The summed E-state index contributed by atoms with van der Waals surface area (Å²) in [6, 6.07) is 11.6. The van der Waals surface area contributed by atoms with E-state index in [0.29, 0.717) is 23.2 Å². The zero-order chi connectivity index (χ0) is 22.1. The van der Waals surface area contributed by atoms with Gasteiger partial charge in [-0.05, 0) is 36.6 Å². The highest BCUT2D eigenvalue weighted by molar-refractivity contribution is 6.07. The van der Waals surface area contributed by atoms with Gasteiger partial charge in [0.15, 0.2) is 5.82 Å². The standard InChI is InChI=1S/C23H25N5O3/c1-4-5-20-26-21-22(27(20)13-14(2)3)18-11-10-17(12-19(18)25-23(21)24)31-16-8-6-15(7-9-16)28(29)30/h6-12,14H,4-5,13H2,1-3H3,(H2,24,25). The number of rotatable bonds is 7. The average molecular weight is 419 g/mol. The first-order chi connectivity index (χ1) is 14.9. The second kappa shape index (κ2) is 8.22. The second-order valence-corrected chi connectivity index (χ2v) is 8.01. The number of pyridine rings is 1. The lowest BCUT2D eigenvalue weighted by Crippen LogP contribution is -2.09. The van der Waals surface area contributed by atoms with Gasteiger partial charge in [-0.2, -0.15) is 0 Å². The predicted octanol–water partition coefficient (Wildman–Crippen LogP) is 5.48. The summed E-state index contributed by atoms with van der Waals surface area (Å²) >= 11 is 0. The summed E-state index contributed by atoms with van der Waals surface area (Å²) in [5.41, 5.74) is 8.76. The quantitative estimate of drug-likeness (QED) is 0.314. The monoisotopic (exact) mass is 419 g/mol. The third-order valence-electron chi connectivity index (χ3n) is 5.06. The van der Waals surface area contributed by atoms with Crippen LogP contribution in [0, 0.1) is 16.0 Å². The Morgan fingerprint density at radius 2 is 1.84 bits per heavy atom. The largest absolute Gasteiger partial charge is 0.457 e. The Kier molecular flexibility index (Phi) is 5.46. The summed E-state index contributed by atoms with van der Waals surface area (Å²) in [6.07, 6.45) is 1.88. The van der Waals surface area contributed by atoms with E-state index in [4.69, 9.17) is 15.5 Å². The van der Waals surface area contributed by atoms with Crippen LogP contribution in [-0.2, 0) is 13.0 Å². The Morgan fingerprint density at radius 1 is 1.13 bits per heavy atom. The lowest BCUT2D eigenvalue weighted by atomic mass is 10.1. The summed E-state index contributed by atoms with van der Waals surface area (Å²) in [7, 11) is 0. The van der Waals surface area contributed by atoms with Gasteiger partial charge in [0.2, 0.25) is 0 Å². The van der Waals surface area contributed by atoms with Crippen LogP contribution >= 0.6 is 0 Å². The fourth-order valence-electron chi connectivity index (χ4n) is 3.75. The molecule has 8 nitrogen and oxygen atoms in total. The highest BCUT2D eigenvalue weighted by Gasteiger charge is 2.18. The van der Waals surface area contributed by atoms with E-state index < -0.39 is 4.92 Å². The Labute approximate surface area is 179 Å². The number of aryl methyl sites for hydroxylation is 1. The van der Waals surface area contributed by atoms with Crippen LogP contribution in [0.3, 0.4) is 0 Å². The van der Waals surface area contributed by atoms with E-state index in [9.17, 15) is 10.1 Å². The first-order valence-corrected chi connectivity index (χ1v) is 10.4. The molecule has 0 aliphatic rings. The lowest BCUT2D eigenvalue weighted by molar-refractivity contribution is -0.384. The van der Waals surface area contributed by atoms with Gasteiger partial charge in [0, 0.05) is 36.6 Å². The molecular weight excluding hydrogens is 394 g/mol. The number of benzene rings is 2. The van der Waals surface area contributed by atoms with E-state index in [1.54, 1.807) is 12.1 Å². The van der Waals surface area contributed by atoms with Gasteiger partial charge in [-0.3, -0.25) is 10.1 Å². The van der Waals surface area contributed by atoms with Gasteiger partial charge in [-0.25, -0.2) is 9.97 Å². The molecule has 0 spiro atoms. The molecule has 2 aromatic heterocycles. The maximum Gasteiger partial charge on any atom is 0.269 e. The SMILES string of the molecule is CCCc1nc2c(N)nc3cc(Oc4ccc([N+](=O)[O-])cc4)ccc3c2n1CC(C)C. The van der Waals surface area contributed by atoms with Crippen LogP contribution in [0.15, 0.2) is 42.5 Å². The third kappa shape index (κ3) is 4.01. The summed E-state index contributed by atoms with van der Waals surface area (Å²) in [5.74, 6) is 2.97. The molecule has 0 unspecified atom stereocenters. The number of nitrogens with two attached hydrogens (primary N) is 1. The van der Waals surface area contributed by atoms with Gasteiger partial charge in [-0.15, -0.1) is 0 Å². The van der Waals surface area contributed by atoms with Crippen molar-refractivity contribution in [1.29, 1.82) is 0 Å². The maximum absolute atomic E-state index is 10.8. The van der Waals surface area contributed by atoms with E-state index in [1.807, 2.05) is 18.2 Å². The van der Waals surface area contributed by atoms with Crippen molar-refractivity contribution in [1.82, 2.24) is 14.5 Å². The fourth-order valence-corrected chi connectivity index (χ4v) is 3.75. The highest BCUT2D eigenvalue weighted by Crippen LogP contribution is 2.33. The number of hydrogen-bond acceptors (Lipinski definition) is 6. The molecule has 2 N–H and O–H groups in total. The molecule has 160 valence electrons. The van der Waals surface area contributed by atoms with E-state index in [-0.39, 0.29) is 5.69 Å². The Morgan fingerprint density at radius 3 is 2.48 bits per heavy atom. The molecule has 0 aliphatic carbocycles. The number of ether oxygens (including phenoxy) is 1. The molecular formula is C23H25N5O3. The van der Waals surface area contributed by atoms with Crippen molar-refractivity contribution in [3.63, 3.8) is 0 Å². The van der Waals surface area contributed by atoms with Crippen molar-refractivity contribution < 1.29 is 9.66 Å². The Hall–Kier alpha value is -3.68. The maximum atomic E-state index is 10.8. The molecule has 4 aromatic rings. The molecule has 0 saturated carbocycles. The second-order valence-electron chi connectivity index (χ2n) is 8.01. The van der Waals surface area contributed by atoms with Gasteiger partial charge in [0.1, 0.15) is 22.8 Å². The van der Waals surface area contributed by atoms with Crippen molar-refractivity contribution in [2.75, 3.05) is 5.73 Å². The van der Waals surface area contributed by atoms with Crippen molar-refractivity contribution >= 4 is 33.4 Å². The number of aromatic nitrogens is 3. The van der Waals surface area contributed by atoms with Crippen molar-refractivity contribution in [3.05, 3.63) is 58.4 Å². The molecule has 0 bridgehead atoms. The molecule has 0 aliphatic heterocycles. The minimum Gasteiger partial charge on any atom is -0.457 e. The van der Waals surface area contributed by atoms with E-state index >= 15 is 0 Å². The molecule has 0 radical (unpaired) electrons. The average Bonchev–Trinajstić information content (AvgIpc) is 3.07. The minimum atomic E-state index is -0.440. The van der Waals surface area contributed by atoms with Gasteiger partial charge in [-0.1, -0.05) is 20.8 Å². The first kappa shape index (κ1) is 20.6. The summed E-state index contributed by atoms with van der Waals surface area (Å²) in [5, 5.41) is 11.8. The highest BCUT2D eigenvalue weighted by atomic mass is 16.6. The number of nitro groups is 1. The van der Waals surface area contributed by atoms with Gasteiger partial charge in [0.05, 0.1) is 16.0 Å². The van der Waals surface area contributed by atoms with E-state index in [1.165, 1.54) is 12.1 Å². The van der Waals surface area contributed by atoms with Crippen LogP contribution in [0.5, 0.6) is 11.5 Å². The fraction of sp³-hybridized carbons (Fsp3) is 0.304. The molecule has 4 rings (SSSR count). The number of nitro benzene ring substituents is 1. The molecule has 0 atom stereocenters. The zero-order valence-corrected chi connectivity index (χ0v) is 17.8. The predicted molar refractivity (Wildman–Crippen MR) is 121 cm³/mol. The number of anilines is 1. The first-order valence-electron chi connectivity index (χ1n) is 10.4. The van der Waals surface area contributed by atoms with Crippen molar-refractivity contribution in [2.45, 2.75) is 40.2 Å². The smallest absolute Gasteiger partial charge is 0.269 e. The van der Waals surface area contributed by atoms with Crippen LogP contribution in [0.1, 0.15) is 33.0 Å². The molecule has 2 aromatic carbocycles. The van der Waals surface area contributed by atoms with Gasteiger partial charge in [0.25, 0.3) is 5.69 Å². The van der Waals surface area contributed by atoms with Crippen LogP contribution in [-0.4, -0.2) is 19.5 Å². The third-order valence-corrected chi connectivity index (χ3v) is 5.06. The van der Waals surface area contributed by atoms with E-state index in [0.717, 1.165) is 47.1 Å². The molecule has 0 saturated heterocycles. The molecule has 0 amide bonds. The summed E-state index contributed by atoms with van der Waals surface area (Å²) < 4.78 is 8.15. The minimum absolute atomic E-state index is 0.0176. The number of nitrogens with zero attached hydrogens (tertiary/aromatic N) is 4. The molecule has 31 heavy (non-hydrogen) atoms. The van der Waals surface area contributed by atoms with Crippen molar-refractivity contribution in [3.8, 4) is 11.5 Å². The van der Waals surface area contributed by atoms with Crippen LogP contribution in [0.2, 0.25) is 0 Å².